The smallest absolute Gasteiger partial charge is 0.111 e. The van der Waals surface area contributed by atoms with Crippen molar-refractivity contribution in [2.75, 3.05) is 6.61 Å². The van der Waals surface area contributed by atoms with Gasteiger partial charge in [0.2, 0.25) is 0 Å². The highest BCUT2D eigenvalue weighted by Gasteiger charge is 2.19. The molecule has 0 aliphatic heterocycles. The van der Waals surface area contributed by atoms with Gasteiger partial charge in [0.05, 0.1) is 12.9 Å². The maximum atomic E-state index is 11.3. The van der Waals surface area contributed by atoms with Gasteiger partial charge < -0.3 is 9.84 Å². The molecule has 1 unspecified atom stereocenters. The zero-order valence-corrected chi connectivity index (χ0v) is 17.9. The topological polar surface area (TPSA) is 29.5 Å². The number of aliphatic hydroxyl groups excluding tert-OH is 1. The van der Waals surface area contributed by atoms with E-state index in [0.717, 1.165) is 25.2 Å². The van der Waals surface area contributed by atoms with Gasteiger partial charge in [0.1, 0.15) is 6.10 Å². The highest BCUT2D eigenvalue weighted by molar-refractivity contribution is 8.07. The van der Waals surface area contributed by atoms with E-state index in [1.807, 2.05) is 79.7 Å². The van der Waals surface area contributed by atoms with Crippen LogP contribution in [0.4, 0.5) is 0 Å². The van der Waals surface area contributed by atoms with Gasteiger partial charge in [0, 0.05) is 19.6 Å². The Morgan fingerprint density at radius 1 is 0.828 bits per heavy atom. The summed E-state index contributed by atoms with van der Waals surface area (Å²) < 4.78 is 5.47. The molecule has 0 saturated heterocycles. The summed E-state index contributed by atoms with van der Waals surface area (Å²) in [6.07, 6.45) is 2.91. The minimum absolute atomic E-state index is 0.599. The first-order valence-corrected chi connectivity index (χ1v) is 11.1. The van der Waals surface area contributed by atoms with Gasteiger partial charge in [-0.2, -0.15) is 0 Å². The normalized spacial score (nSPS) is 13.2. The Bertz CT molecular complexity index is 923. The van der Waals surface area contributed by atoms with E-state index in [2.05, 4.69) is 24.3 Å². The van der Waals surface area contributed by atoms with Gasteiger partial charge in [-0.25, -0.2) is 0 Å². The fourth-order valence-corrected chi connectivity index (χ4v) is 4.73. The molecular formula is C25H24O2S2. The van der Waals surface area contributed by atoms with Crippen LogP contribution in [0, 0.1) is 0 Å². The van der Waals surface area contributed by atoms with Crippen molar-refractivity contribution in [3.8, 4) is 0 Å². The van der Waals surface area contributed by atoms with Gasteiger partial charge in [0.25, 0.3) is 0 Å². The molecule has 4 heteroatoms. The van der Waals surface area contributed by atoms with Crippen LogP contribution in [0.3, 0.4) is 0 Å². The second-order valence-corrected chi connectivity index (χ2v) is 8.36. The molecule has 0 bridgehead atoms. The number of thioether (sulfide) groups is 2. The molecule has 0 amide bonds. The summed E-state index contributed by atoms with van der Waals surface area (Å²) >= 11 is 3.20. The van der Waals surface area contributed by atoms with Gasteiger partial charge in [-0.15, -0.1) is 0 Å². The third kappa shape index (κ3) is 6.57. The van der Waals surface area contributed by atoms with E-state index in [1.165, 1.54) is 0 Å². The predicted molar refractivity (Wildman–Crippen MR) is 124 cm³/mol. The number of aliphatic hydroxyl groups is 1. The fraction of sp³-hybridized carbons (Fsp3) is 0.120. The Morgan fingerprint density at radius 3 is 1.90 bits per heavy atom. The lowest BCUT2D eigenvalue weighted by molar-refractivity contribution is 0.224. The molecule has 1 atom stereocenters. The standard InChI is InChI=1S/C25H24O2S2/c1-2-27-19-18-23(28-21-14-8-4-9-15-21)25(29-22-16-10-5-11-17-22)24(26)20-12-6-3-7-13-20/h3-19,24,26H,2H2,1H3/b19-18+,25-23+. The van der Waals surface area contributed by atoms with Gasteiger partial charge in [-0.1, -0.05) is 90.3 Å². The molecule has 0 spiro atoms. The Balaban J connectivity index is 2.05. The molecule has 0 aliphatic rings. The van der Waals surface area contributed by atoms with Crippen molar-refractivity contribution in [2.24, 2.45) is 0 Å². The molecule has 0 aliphatic carbocycles. The fourth-order valence-electron chi connectivity index (χ4n) is 2.63. The van der Waals surface area contributed by atoms with Crippen molar-refractivity contribution in [1.29, 1.82) is 0 Å². The Labute approximate surface area is 181 Å². The van der Waals surface area contributed by atoms with Gasteiger partial charge in [0.15, 0.2) is 0 Å². The maximum Gasteiger partial charge on any atom is 0.111 e. The molecule has 3 aromatic rings. The summed E-state index contributed by atoms with van der Waals surface area (Å²) in [5.41, 5.74) is 0.863. The molecule has 0 aromatic heterocycles. The molecule has 3 aromatic carbocycles. The lowest BCUT2D eigenvalue weighted by atomic mass is 10.1. The van der Waals surface area contributed by atoms with E-state index in [0.29, 0.717) is 6.61 Å². The molecule has 0 radical (unpaired) electrons. The first-order valence-electron chi connectivity index (χ1n) is 9.49. The summed E-state index contributed by atoms with van der Waals surface area (Å²) in [7, 11) is 0. The number of hydrogen-bond donors (Lipinski definition) is 1. The van der Waals surface area contributed by atoms with Crippen LogP contribution in [0.2, 0.25) is 0 Å². The van der Waals surface area contributed by atoms with E-state index in [1.54, 1.807) is 29.8 Å². The monoisotopic (exact) mass is 420 g/mol. The average molecular weight is 421 g/mol. The molecule has 2 nitrogen and oxygen atoms in total. The lowest BCUT2D eigenvalue weighted by Crippen LogP contribution is -2.01. The van der Waals surface area contributed by atoms with Crippen LogP contribution >= 0.6 is 23.5 Å². The molecular weight excluding hydrogens is 396 g/mol. The number of benzene rings is 3. The molecule has 29 heavy (non-hydrogen) atoms. The van der Waals surface area contributed by atoms with E-state index in [4.69, 9.17) is 4.74 Å². The van der Waals surface area contributed by atoms with E-state index < -0.39 is 6.10 Å². The molecule has 148 valence electrons. The van der Waals surface area contributed by atoms with Gasteiger partial charge in [-0.05, 0) is 42.8 Å². The summed E-state index contributed by atoms with van der Waals surface area (Å²) in [5.74, 6) is 0. The van der Waals surface area contributed by atoms with Crippen LogP contribution in [-0.4, -0.2) is 11.7 Å². The van der Waals surface area contributed by atoms with Crippen molar-refractivity contribution in [2.45, 2.75) is 22.8 Å². The van der Waals surface area contributed by atoms with Crippen LogP contribution in [0.25, 0.3) is 0 Å². The minimum Gasteiger partial charge on any atom is -0.501 e. The zero-order valence-electron chi connectivity index (χ0n) is 16.3. The Hall–Kier alpha value is -2.40. The van der Waals surface area contributed by atoms with Crippen molar-refractivity contribution >= 4 is 23.5 Å². The third-order valence-corrected chi connectivity index (χ3v) is 6.41. The van der Waals surface area contributed by atoms with Crippen LogP contribution in [0.1, 0.15) is 18.6 Å². The first kappa shape index (κ1) is 21.3. The SMILES string of the molecule is CCO/C=C/C(Sc1ccccc1)=C(\Sc1ccccc1)C(O)c1ccccc1. The number of rotatable bonds is 9. The lowest BCUT2D eigenvalue weighted by Gasteiger charge is -2.19. The van der Waals surface area contributed by atoms with E-state index in [9.17, 15) is 5.11 Å². The van der Waals surface area contributed by atoms with Crippen molar-refractivity contribution in [1.82, 2.24) is 0 Å². The number of hydrogen-bond acceptors (Lipinski definition) is 4. The highest BCUT2D eigenvalue weighted by atomic mass is 32.2. The first-order chi connectivity index (χ1) is 14.3. The molecule has 3 rings (SSSR count). The molecule has 1 N–H and O–H groups in total. The van der Waals surface area contributed by atoms with Crippen molar-refractivity contribution in [3.63, 3.8) is 0 Å². The number of ether oxygens (including phenoxy) is 1. The zero-order chi connectivity index (χ0) is 20.3. The third-order valence-electron chi connectivity index (χ3n) is 4.03. The van der Waals surface area contributed by atoms with Crippen LogP contribution < -0.4 is 0 Å². The molecule has 0 fully saturated rings. The average Bonchev–Trinajstić information content (AvgIpc) is 2.78. The Kier molecular flexibility index (Phi) is 8.50. The quantitative estimate of drug-likeness (QED) is 0.228. The minimum atomic E-state index is -0.737. The Morgan fingerprint density at radius 2 is 1.34 bits per heavy atom. The van der Waals surface area contributed by atoms with Crippen LogP contribution in [-0.2, 0) is 4.74 Å². The largest absolute Gasteiger partial charge is 0.501 e. The maximum absolute atomic E-state index is 11.3. The van der Waals surface area contributed by atoms with Crippen LogP contribution in [0.15, 0.2) is 123 Å². The molecule has 0 saturated carbocycles. The summed E-state index contributed by atoms with van der Waals surface area (Å²) in [6, 6.07) is 30.1. The summed E-state index contributed by atoms with van der Waals surface area (Å²) in [5, 5.41) is 11.3. The van der Waals surface area contributed by atoms with E-state index >= 15 is 0 Å². The van der Waals surface area contributed by atoms with Crippen molar-refractivity contribution < 1.29 is 9.84 Å². The number of allylic oxidation sites excluding steroid dienone is 1. The van der Waals surface area contributed by atoms with Crippen molar-refractivity contribution in [3.05, 3.63) is 119 Å². The summed E-state index contributed by atoms with van der Waals surface area (Å²) in [6.45, 7) is 2.55. The molecule has 0 heterocycles. The van der Waals surface area contributed by atoms with Gasteiger partial charge in [-0.3, -0.25) is 0 Å². The predicted octanol–water partition coefficient (Wildman–Crippen LogP) is 7.07. The summed E-state index contributed by atoms with van der Waals surface area (Å²) in [4.78, 5) is 4.01. The highest BCUT2D eigenvalue weighted by Crippen LogP contribution is 2.43. The second-order valence-electron chi connectivity index (χ2n) is 6.13. The van der Waals surface area contributed by atoms with Crippen LogP contribution in [0.5, 0.6) is 0 Å². The second kappa shape index (κ2) is 11.6. The van der Waals surface area contributed by atoms with E-state index in [-0.39, 0.29) is 0 Å². The van der Waals surface area contributed by atoms with Gasteiger partial charge >= 0.3 is 0 Å².